The second kappa shape index (κ2) is 7.31. The number of amides is 1. The number of carbonyl (C=O) groups is 1. The Morgan fingerprint density at radius 3 is 3.19 bits per heavy atom. The molecule has 0 radical (unpaired) electrons. The fourth-order valence-electron chi connectivity index (χ4n) is 1.29. The minimum Gasteiger partial charge on any atom is -0.353 e. The van der Waals surface area contributed by atoms with Gasteiger partial charge < -0.3 is 5.32 Å². The van der Waals surface area contributed by atoms with Crippen molar-refractivity contribution >= 4 is 29.0 Å². The SMILES string of the molecule is C[C@H](Cc1cccs1)NC(=O)CSCC#N. The van der Waals surface area contributed by atoms with Gasteiger partial charge in [-0.2, -0.15) is 5.26 Å². The third kappa shape index (κ3) is 5.19. The lowest BCUT2D eigenvalue weighted by atomic mass is 10.2. The van der Waals surface area contributed by atoms with E-state index < -0.39 is 0 Å². The number of thioether (sulfide) groups is 1. The molecule has 0 aliphatic heterocycles. The number of carbonyl (C=O) groups excluding carboxylic acids is 1. The molecule has 1 aromatic heterocycles. The summed E-state index contributed by atoms with van der Waals surface area (Å²) in [6, 6.07) is 6.22. The molecule has 0 spiro atoms. The topological polar surface area (TPSA) is 52.9 Å². The molecule has 5 heteroatoms. The van der Waals surface area contributed by atoms with E-state index in [1.807, 2.05) is 24.4 Å². The minimum atomic E-state index is 0.00399. The van der Waals surface area contributed by atoms with Gasteiger partial charge in [0.05, 0.1) is 17.6 Å². The number of nitrogens with zero attached hydrogens (tertiary/aromatic N) is 1. The highest BCUT2D eigenvalue weighted by atomic mass is 32.2. The highest BCUT2D eigenvalue weighted by Crippen LogP contribution is 2.11. The minimum absolute atomic E-state index is 0.00399. The summed E-state index contributed by atoms with van der Waals surface area (Å²) in [6.07, 6.45) is 0.867. The van der Waals surface area contributed by atoms with Crippen molar-refractivity contribution in [3.63, 3.8) is 0 Å². The van der Waals surface area contributed by atoms with E-state index >= 15 is 0 Å². The van der Waals surface area contributed by atoms with Crippen molar-refractivity contribution < 1.29 is 4.79 Å². The maximum atomic E-state index is 11.4. The van der Waals surface area contributed by atoms with E-state index in [-0.39, 0.29) is 11.9 Å². The molecule has 1 N–H and O–H groups in total. The normalized spacial score (nSPS) is 11.8. The quantitative estimate of drug-likeness (QED) is 0.791. The van der Waals surface area contributed by atoms with Crippen LogP contribution in [-0.4, -0.2) is 23.5 Å². The third-order valence-corrected chi connectivity index (χ3v) is 3.59. The number of hydrogen-bond donors (Lipinski definition) is 1. The Labute approximate surface area is 104 Å². The molecule has 0 saturated carbocycles. The lowest BCUT2D eigenvalue weighted by molar-refractivity contribution is -0.119. The zero-order chi connectivity index (χ0) is 11.8. The molecule has 0 aromatic carbocycles. The molecule has 1 rings (SSSR count). The Kier molecular flexibility index (Phi) is 5.98. The van der Waals surface area contributed by atoms with Gasteiger partial charge in [-0.05, 0) is 18.4 Å². The first kappa shape index (κ1) is 13.1. The Morgan fingerprint density at radius 1 is 1.75 bits per heavy atom. The van der Waals surface area contributed by atoms with E-state index in [4.69, 9.17) is 5.26 Å². The van der Waals surface area contributed by atoms with Crippen LogP contribution in [0.5, 0.6) is 0 Å². The number of hydrogen-bond acceptors (Lipinski definition) is 4. The highest BCUT2D eigenvalue weighted by Gasteiger charge is 2.08. The van der Waals surface area contributed by atoms with Gasteiger partial charge in [-0.3, -0.25) is 4.79 Å². The summed E-state index contributed by atoms with van der Waals surface area (Å²) < 4.78 is 0. The zero-order valence-electron chi connectivity index (χ0n) is 9.10. The van der Waals surface area contributed by atoms with Crippen molar-refractivity contribution in [2.24, 2.45) is 0 Å². The Hall–Kier alpha value is -0.990. The van der Waals surface area contributed by atoms with Crippen LogP contribution >= 0.6 is 23.1 Å². The fraction of sp³-hybridized carbons (Fsp3) is 0.455. The maximum absolute atomic E-state index is 11.4. The molecular formula is C11H14N2OS2. The summed E-state index contributed by atoms with van der Waals surface area (Å²) >= 11 is 3.04. The van der Waals surface area contributed by atoms with E-state index in [2.05, 4.69) is 11.4 Å². The summed E-state index contributed by atoms with van der Waals surface area (Å²) in [5, 5.41) is 13.3. The molecule has 0 saturated heterocycles. The standard InChI is InChI=1S/C11H14N2OS2/c1-9(7-10-3-2-5-16-10)13-11(14)8-15-6-4-12/h2-3,5,9H,6-8H2,1H3,(H,13,14)/t9-/m1/s1. The van der Waals surface area contributed by atoms with E-state index in [9.17, 15) is 4.79 Å². The van der Waals surface area contributed by atoms with Gasteiger partial charge in [-0.25, -0.2) is 0 Å². The van der Waals surface area contributed by atoms with E-state index in [0.717, 1.165) is 6.42 Å². The van der Waals surface area contributed by atoms with Crippen LogP contribution in [-0.2, 0) is 11.2 Å². The van der Waals surface area contributed by atoms with Crippen LogP contribution in [0.15, 0.2) is 17.5 Å². The lowest BCUT2D eigenvalue weighted by Gasteiger charge is -2.12. The van der Waals surface area contributed by atoms with Crippen molar-refractivity contribution in [2.75, 3.05) is 11.5 Å². The monoisotopic (exact) mass is 254 g/mol. The van der Waals surface area contributed by atoms with Crippen LogP contribution in [0.3, 0.4) is 0 Å². The van der Waals surface area contributed by atoms with Crippen LogP contribution in [0.2, 0.25) is 0 Å². The number of rotatable bonds is 6. The van der Waals surface area contributed by atoms with Crippen LogP contribution in [0.1, 0.15) is 11.8 Å². The predicted molar refractivity (Wildman–Crippen MR) is 68.6 cm³/mol. The van der Waals surface area contributed by atoms with Gasteiger partial charge in [0, 0.05) is 17.3 Å². The van der Waals surface area contributed by atoms with Crippen LogP contribution in [0, 0.1) is 11.3 Å². The largest absolute Gasteiger partial charge is 0.353 e. The molecule has 1 heterocycles. The molecule has 16 heavy (non-hydrogen) atoms. The van der Waals surface area contributed by atoms with Crippen molar-refractivity contribution in [3.05, 3.63) is 22.4 Å². The molecule has 1 atom stereocenters. The van der Waals surface area contributed by atoms with E-state index in [1.54, 1.807) is 11.3 Å². The Bertz CT molecular complexity index is 357. The van der Waals surface area contributed by atoms with Gasteiger partial charge in [-0.15, -0.1) is 23.1 Å². The second-order valence-electron chi connectivity index (χ2n) is 3.40. The van der Waals surface area contributed by atoms with Crippen LogP contribution in [0.25, 0.3) is 0 Å². The number of thiophene rings is 1. The molecule has 86 valence electrons. The Morgan fingerprint density at radius 2 is 2.56 bits per heavy atom. The summed E-state index contributed by atoms with van der Waals surface area (Å²) in [5.41, 5.74) is 0. The second-order valence-corrected chi connectivity index (χ2v) is 5.42. The smallest absolute Gasteiger partial charge is 0.230 e. The molecule has 1 amide bonds. The van der Waals surface area contributed by atoms with Crippen molar-refractivity contribution in [1.29, 1.82) is 5.26 Å². The zero-order valence-corrected chi connectivity index (χ0v) is 10.7. The third-order valence-electron chi connectivity index (χ3n) is 1.89. The van der Waals surface area contributed by atoms with Crippen LogP contribution < -0.4 is 5.32 Å². The number of nitriles is 1. The number of nitrogens with one attached hydrogen (secondary N) is 1. The average molecular weight is 254 g/mol. The van der Waals surface area contributed by atoms with Crippen molar-refractivity contribution in [1.82, 2.24) is 5.32 Å². The Balaban J connectivity index is 2.21. The van der Waals surface area contributed by atoms with Crippen molar-refractivity contribution in [2.45, 2.75) is 19.4 Å². The van der Waals surface area contributed by atoms with E-state index in [0.29, 0.717) is 11.5 Å². The predicted octanol–water partition coefficient (Wildman–Crippen LogP) is 2.05. The van der Waals surface area contributed by atoms with Gasteiger partial charge >= 0.3 is 0 Å². The fourth-order valence-corrected chi connectivity index (χ4v) is 2.58. The highest BCUT2D eigenvalue weighted by molar-refractivity contribution is 8.00. The first-order valence-corrected chi connectivity index (χ1v) is 7.02. The lowest BCUT2D eigenvalue weighted by Crippen LogP contribution is -2.35. The first-order valence-electron chi connectivity index (χ1n) is 4.99. The molecule has 0 bridgehead atoms. The summed E-state index contributed by atoms with van der Waals surface area (Å²) in [6.45, 7) is 1.99. The van der Waals surface area contributed by atoms with Gasteiger partial charge in [0.25, 0.3) is 0 Å². The molecule has 0 unspecified atom stereocenters. The summed E-state index contributed by atoms with van der Waals surface area (Å²) in [4.78, 5) is 12.7. The van der Waals surface area contributed by atoms with Crippen molar-refractivity contribution in [3.8, 4) is 6.07 Å². The van der Waals surface area contributed by atoms with Crippen LogP contribution in [0.4, 0.5) is 0 Å². The molecule has 3 nitrogen and oxygen atoms in total. The molecular weight excluding hydrogens is 240 g/mol. The molecule has 0 aliphatic rings. The van der Waals surface area contributed by atoms with Gasteiger partial charge in [0.15, 0.2) is 0 Å². The molecule has 1 aromatic rings. The molecule has 0 fully saturated rings. The van der Waals surface area contributed by atoms with Gasteiger partial charge in [0.2, 0.25) is 5.91 Å². The first-order chi connectivity index (χ1) is 7.72. The summed E-state index contributed by atoms with van der Waals surface area (Å²) in [5.74, 6) is 0.735. The van der Waals surface area contributed by atoms with Gasteiger partial charge in [-0.1, -0.05) is 6.07 Å². The van der Waals surface area contributed by atoms with E-state index in [1.165, 1.54) is 16.6 Å². The van der Waals surface area contributed by atoms with Gasteiger partial charge in [0.1, 0.15) is 0 Å². The molecule has 0 aliphatic carbocycles. The summed E-state index contributed by atoms with van der Waals surface area (Å²) in [7, 11) is 0. The average Bonchev–Trinajstić information content (AvgIpc) is 2.70. The maximum Gasteiger partial charge on any atom is 0.230 e.